The highest BCUT2D eigenvalue weighted by molar-refractivity contribution is 7.22. The molecular formula is C11H11ClN2S. The van der Waals surface area contributed by atoms with Crippen LogP contribution in [0.2, 0.25) is 4.34 Å². The van der Waals surface area contributed by atoms with Crippen LogP contribution >= 0.6 is 22.9 Å². The molecule has 78 valence electrons. The van der Waals surface area contributed by atoms with Gasteiger partial charge in [0.05, 0.1) is 4.34 Å². The zero-order chi connectivity index (χ0) is 10.4. The van der Waals surface area contributed by atoms with Crippen molar-refractivity contribution in [3.05, 3.63) is 21.7 Å². The minimum atomic E-state index is 0.770. The van der Waals surface area contributed by atoms with Crippen LogP contribution in [0, 0.1) is 0 Å². The molecule has 2 heterocycles. The third-order valence-electron chi connectivity index (χ3n) is 2.97. The lowest BCUT2D eigenvalue weighted by molar-refractivity contribution is 0.673. The number of halogens is 1. The first kappa shape index (κ1) is 9.43. The van der Waals surface area contributed by atoms with Crippen molar-refractivity contribution in [2.45, 2.75) is 25.7 Å². The maximum atomic E-state index is 6.16. The Morgan fingerprint density at radius 2 is 2.13 bits per heavy atom. The molecule has 1 aliphatic rings. The van der Waals surface area contributed by atoms with Gasteiger partial charge in [-0.3, -0.25) is 0 Å². The average molecular weight is 239 g/mol. The summed E-state index contributed by atoms with van der Waals surface area (Å²) in [5, 5.41) is 1.03. The van der Waals surface area contributed by atoms with Crippen molar-refractivity contribution in [1.82, 2.24) is 4.98 Å². The Morgan fingerprint density at radius 3 is 3.00 bits per heavy atom. The van der Waals surface area contributed by atoms with Crippen LogP contribution in [0.1, 0.15) is 24.1 Å². The summed E-state index contributed by atoms with van der Waals surface area (Å²) < 4.78 is 0.770. The summed E-state index contributed by atoms with van der Waals surface area (Å²) in [4.78, 5) is 5.64. The van der Waals surface area contributed by atoms with E-state index in [-0.39, 0.29) is 0 Å². The Bertz CT molecular complexity index is 533. The Kier molecular flexibility index (Phi) is 2.11. The molecule has 2 N–H and O–H groups in total. The molecule has 4 heteroatoms. The minimum Gasteiger partial charge on any atom is -0.398 e. The first-order valence-electron chi connectivity index (χ1n) is 5.12. The van der Waals surface area contributed by atoms with Gasteiger partial charge in [-0.25, -0.2) is 4.98 Å². The third kappa shape index (κ3) is 1.42. The second-order valence-electron chi connectivity index (χ2n) is 3.93. The van der Waals surface area contributed by atoms with Gasteiger partial charge in [0.25, 0.3) is 0 Å². The number of rotatable bonds is 0. The molecule has 0 atom stereocenters. The quantitative estimate of drug-likeness (QED) is 0.764. The second-order valence-corrected chi connectivity index (χ2v) is 5.59. The predicted octanol–water partition coefficient (Wildman–Crippen LogP) is 3.41. The van der Waals surface area contributed by atoms with E-state index in [1.54, 1.807) is 0 Å². The van der Waals surface area contributed by atoms with Crippen molar-refractivity contribution < 1.29 is 0 Å². The summed E-state index contributed by atoms with van der Waals surface area (Å²) in [5.41, 5.74) is 9.50. The monoisotopic (exact) mass is 238 g/mol. The van der Waals surface area contributed by atoms with Gasteiger partial charge in [-0.05, 0) is 37.3 Å². The first-order chi connectivity index (χ1) is 7.25. The van der Waals surface area contributed by atoms with Crippen molar-refractivity contribution in [3.8, 4) is 0 Å². The first-order valence-corrected chi connectivity index (χ1v) is 6.31. The van der Waals surface area contributed by atoms with Crippen molar-refractivity contribution in [1.29, 1.82) is 0 Å². The molecule has 2 nitrogen and oxygen atoms in total. The Labute approximate surface area is 97.1 Å². The molecule has 0 spiro atoms. The average Bonchev–Trinajstić information content (AvgIpc) is 2.59. The van der Waals surface area contributed by atoms with Gasteiger partial charge in [0.2, 0.25) is 0 Å². The number of pyridine rings is 1. The molecule has 2 aromatic rings. The molecule has 0 aliphatic heterocycles. The number of aromatic nitrogens is 1. The maximum Gasteiger partial charge on any atom is 0.127 e. The Hall–Kier alpha value is -0.800. The van der Waals surface area contributed by atoms with Crippen LogP contribution in [0.4, 0.5) is 5.69 Å². The molecule has 2 aromatic heterocycles. The number of nitrogens with zero attached hydrogens (tertiary/aromatic N) is 1. The van der Waals surface area contributed by atoms with Gasteiger partial charge < -0.3 is 5.73 Å². The fraction of sp³-hybridized carbons (Fsp3) is 0.364. The van der Waals surface area contributed by atoms with E-state index in [4.69, 9.17) is 17.3 Å². The summed E-state index contributed by atoms with van der Waals surface area (Å²) in [6, 6.07) is 1.93. The molecule has 0 bridgehead atoms. The van der Waals surface area contributed by atoms with Crippen LogP contribution in [0.15, 0.2) is 6.07 Å². The fourth-order valence-electron chi connectivity index (χ4n) is 2.22. The third-order valence-corrected chi connectivity index (χ3v) is 4.13. The highest BCUT2D eigenvalue weighted by atomic mass is 35.5. The van der Waals surface area contributed by atoms with E-state index in [9.17, 15) is 0 Å². The van der Waals surface area contributed by atoms with Crippen LogP contribution in [0.5, 0.6) is 0 Å². The number of nitrogens with two attached hydrogens (primary N) is 1. The van der Waals surface area contributed by atoms with E-state index in [0.717, 1.165) is 33.1 Å². The highest BCUT2D eigenvalue weighted by Crippen LogP contribution is 2.36. The molecule has 0 saturated heterocycles. The topological polar surface area (TPSA) is 38.9 Å². The Balaban J connectivity index is 2.35. The lowest BCUT2D eigenvalue weighted by atomic mass is 9.94. The SMILES string of the molecule is Nc1c2c(nc3sc(Cl)cc13)CCCC2. The normalized spacial score (nSPS) is 15.5. The molecular weight excluding hydrogens is 228 g/mol. The largest absolute Gasteiger partial charge is 0.398 e. The zero-order valence-corrected chi connectivity index (χ0v) is 9.79. The number of hydrogen-bond donors (Lipinski definition) is 1. The smallest absolute Gasteiger partial charge is 0.127 e. The van der Waals surface area contributed by atoms with E-state index >= 15 is 0 Å². The van der Waals surface area contributed by atoms with Gasteiger partial charge >= 0.3 is 0 Å². The molecule has 0 unspecified atom stereocenters. The molecule has 1 aliphatic carbocycles. The van der Waals surface area contributed by atoms with E-state index < -0.39 is 0 Å². The highest BCUT2D eigenvalue weighted by Gasteiger charge is 2.17. The van der Waals surface area contributed by atoms with Crippen molar-refractivity contribution in [3.63, 3.8) is 0 Å². The van der Waals surface area contributed by atoms with Crippen LogP contribution in [0.3, 0.4) is 0 Å². The summed E-state index contributed by atoms with van der Waals surface area (Å²) in [6.45, 7) is 0. The van der Waals surface area contributed by atoms with E-state index in [1.807, 2.05) is 6.07 Å². The number of thiophene rings is 1. The number of hydrogen-bond acceptors (Lipinski definition) is 3. The summed E-state index contributed by atoms with van der Waals surface area (Å²) >= 11 is 7.50. The number of nitrogen functional groups attached to an aromatic ring is 1. The summed E-state index contributed by atoms with van der Waals surface area (Å²) in [6.07, 6.45) is 4.58. The number of aryl methyl sites for hydroxylation is 1. The van der Waals surface area contributed by atoms with Crippen molar-refractivity contribution >= 4 is 38.8 Å². The van der Waals surface area contributed by atoms with Crippen LogP contribution in [0.25, 0.3) is 10.2 Å². The van der Waals surface area contributed by atoms with Gasteiger partial charge in [-0.1, -0.05) is 11.6 Å². The van der Waals surface area contributed by atoms with Crippen molar-refractivity contribution in [2.75, 3.05) is 5.73 Å². The number of anilines is 1. The van der Waals surface area contributed by atoms with Gasteiger partial charge in [0.1, 0.15) is 4.83 Å². The molecule has 0 aromatic carbocycles. The molecule has 0 radical (unpaired) electrons. The van der Waals surface area contributed by atoms with Gasteiger partial charge in [0.15, 0.2) is 0 Å². The van der Waals surface area contributed by atoms with E-state index in [2.05, 4.69) is 4.98 Å². The van der Waals surface area contributed by atoms with Gasteiger partial charge in [0, 0.05) is 16.8 Å². The predicted molar refractivity (Wildman–Crippen MR) is 65.7 cm³/mol. The van der Waals surface area contributed by atoms with Gasteiger partial charge in [-0.2, -0.15) is 0 Å². The fourth-order valence-corrected chi connectivity index (χ4v) is 3.34. The molecule has 15 heavy (non-hydrogen) atoms. The van der Waals surface area contributed by atoms with Crippen LogP contribution in [-0.4, -0.2) is 4.98 Å². The lowest BCUT2D eigenvalue weighted by Gasteiger charge is -2.16. The van der Waals surface area contributed by atoms with Crippen LogP contribution in [-0.2, 0) is 12.8 Å². The van der Waals surface area contributed by atoms with E-state index in [1.165, 1.54) is 35.4 Å². The second kappa shape index (κ2) is 3.35. The maximum absolute atomic E-state index is 6.16. The van der Waals surface area contributed by atoms with Crippen LogP contribution < -0.4 is 5.73 Å². The molecule has 0 fully saturated rings. The standard InChI is InChI=1S/C11H11ClN2S/c12-9-5-7-10(13)6-3-1-2-4-8(6)14-11(7)15-9/h5H,1-4H2,(H2,13,14). The summed E-state index contributed by atoms with van der Waals surface area (Å²) in [5.74, 6) is 0. The molecule has 0 amide bonds. The van der Waals surface area contributed by atoms with Crippen molar-refractivity contribution in [2.24, 2.45) is 0 Å². The zero-order valence-electron chi connectivity index (χ0n) is 8.22. The summed E-state index contributed by atoms with van der Waals surface area (Å²) in [7, 11) is 0. The Morgan fingerprint density at radius 1 is 1.33 bits per heavy atom. The molecule has 0 saturated carbocycles. The lowest BCUT2D eigenvalue weighted by Crippen LogP contribution is -2.08. The molecule has 3 rings (SSSR count). The van der Waals surface area contributed by atoms with Gasteiger partial charge in [-0.15, -0.1) is 11.3 Å². The minimum absolute atomic E-state index is 0.770. The van der Waals surface area contributed by atoms with E-state index in [0.29, 0.717) is 0 Å². The number of fused-ring (bicyclic) bond motifs is 2.